The summed E-state index contributed by atoms with van der Waals surface area (Å²) in [5.74, 6) is -5.24. The molecule has 0 aromatic heterocycles. The van der Waals surface area contributed by atoms with Crippen LogP contribution in [0.5, 0.6) is 0 Å². The molecule has 0 aliphatic heterocycles. The number of aliphatic hydroxyl groups is 1. The number of aliphatic carboxylic acids is 2. The summed E-state index contributed by atoms with van der Waals surface area (Å²) in [6.07, 6.45) is 1.54. The van der Waals surface area contributed by atoms with Crippen molar-refractivity contribution >= 4 is 47.4 Å². The minimum absolute atomic E-state index is 0.0779. The lowest BCUT2D eigenvalue weighted by Gasteiger charge is -2.24. The minimum atomic E-state index is -1.59. The van der Waals surface area contributed by atoms with Gasteiger partial charge in [0, 0.05) is 6.54 Å². The van der Waals surface area contributed by atoms with Gasteiger partial charge in [0.25, 0.3) is 0 Å². The summed E-state index contributed by atoms with van der Waals surface area (Å²) in [5.41, 5.74) is 16.2. The summed E-state index contributed by atoms with van der Waals surface area (Å²) >= 11 is 1.35. The van der Waals surface area contributed by atoms with Crippen molar-refractivity contribution in [2.45, 2.75) is 49.9 Å². The van der Waals surface area contributed by atoms with E-state index in [1.165, 1.54) is 11.8 Å². The van der Waals surface area contributed by atoms with Crippen molar-refractivity contribution < 1.29 is 39.3 Å². The Bertz CT molecular complexity index is 748. The van der Waals surface area contributed by atoms with Gasteiger partial charge in [0.15, 0.2) is 5.96 Å². The lowest BCUT2D eigenvalue weighted by atomic mass is 10.1. The number of carboxylic acid groups (broad SMARTS) is 2. The molecule has 0 heterocycles. The highest BCUT2D eigenvalue weighted by Gasteiger charge is 2.31. The van der Waals surface area contributed by atoms with Gasteiger partial charge >= 0.3 is 11.9 Å². The number of nitrogens with zero attached hydrogens (tertiary/aromatic N) is 1. The summed E-state index contributed by atoms with van der Waals surface area (Å²) in [5, 5.41) is 33.9. The molecule has 0 saturated heterocycles. The Morgan fingerprint density at radius 3 is 1.97 bits per heavy atom. The average Bonchev–Trinajstić information content (AvgIpc) is 2.75. The van der Waals surface area contributed by atoms with Gasteiger partial charge in [-0.2, -0.15) is 11.8 Å². The monoisotopic (exact) mass is 507 g/mol. The van der Waals surface area contributed by atoms with Crippen LogP contribution in [0.4, 0.5) is 0 Å². The number of nitrogens with one attached hydrogen (secondary N) is 3. The first kappa shape index (κ1) is 30.9. The molecular weight excluding hydrogens is 474 g/mol. The Balaban J connectivity index is 5.29. The second-order valence-electron chi connectivity index (χ2n) is 7.14. The van der Waals surface area contributed by atoms with Crippen LogP contribution < -0.4 is 33.2 Å². The van der Waals surface area contributed by atoms with Gasteiger partial charge < -0.3 is 48.5 Å². The molecule has 0 fully saturated rings. The zero-order chi connectivity index (χ0) is 26.3. The maximum Gasteiger partial charge on any atom is 0.328 e. The van der Waals surface area contributed by atoms with Crippen molar-refractivity contribution in [2.24, 2.45) is 22.2 Å². The van der Waals surface area contributed by atoms with E-state index in [4.69, 9.17) is 32.5 Å². The smallest absolute Gasteiger partial charge is 0.328 e. The Morgan fingerprint density at radius 2 is 1.47 bits per heavy atom. The second-order valence-corrected chi connectivity index (χ2v) is 8.12. The molecule has 194 valence electrons. The predicted molar refractivity (Wildman–Crippen MR) is 124 cm³/mol. The number of amides is 3. The van der Waals surface area contributed by atoms with Crippen LogP contribution in [0, 0.1) is 0 Å². The first-order valence-electron chi connectivity index (χ1n) is 10.2. The first-order chi connectivity index (χ1) is 15.9. The molecule has 12 N–H and O–H groups in total. The normalized spacial score (nSPS) is 14.1. The van der Waals surface area contributed by atoms with E-state index in [1.807, 2.05) is 0 Å². The molecule has 16 heteroatoms. The van der Waals surface area contributed by atoms with E-state index in [-0.39, 0.29) is 25.3 Å². The molecule has 0 aliphatic carbocycles. The quantitative estimate of drug-likeness (QED) is 0.0519. The standard InChI is InChI=1S/C18H33N7O8S/c1-34-6-4-10(15(30)25-12(8-26)17(32)33)23-16(31)11(7-13(27)28)24-14(29)9(19)3-2-5-22-18(20)21/h9-12,26H,2-8,19H2,1H3,(H,23,31)(H,24,29)(H,25,30)(H,27,28)(H,32,33)(H4,20,21,22). The zero-order valence-corrected chi connectivity index (χ0v) is 19.5. The molecule has 3 amide bonds. The maximum absolute atomic E-state index is 12.7. The van der Waals surface area contributed by atoms with Crippen LogP contribution in [0.1, 0.15) is 25.7 Å². The number of guanidine groups is 1. The average molecular weight is 508 g/mol. The number of hydrogen-bond donors (Lipinski definition) is 9. The molecule has 0 spiro atoms. The van der Waals surface area contributed by atoms with Gasteiger partial charge in [-0.25, -0.2) is 4.79 Å². The van der Waals surface area contributed by atoms with Gasteiger partial charge in [-0.15, -0.1) is 0 Å². The van der Waals surface area contributed by atoms with Crippen molar-refractivity contribution in [2.75, 3.05) is 25.2 Å². The van der Waals surface area contributed by atoms with E-state index >= 15 is 0 Å². The number of aliphatic hydroxyl groups excluding tert-OH is 1. The highest BCUT2D eigenvalue weighted by atomic mass is 32.2. The number of carbonyl (C=O) groups excluding carboxylic acids is 3. The van der Waals surface area contributed by atoms with E-state index in [0.717, 1.165) is 0 Å². The molecule has 0 aromatic carbocycles. The van der Waals surface area contributed by atoms with Gasteiger partial charge in [0.05, 0.1) is 19.1 Å². The second kappa shape index (κ2) is 16.5. The molecule has 0 radical (unpaired) electrons. The Morgan fingerprint density at radius 1 is 0.912 bits per heavy atom. The lowest BCUT2D eigenvalue weighted by Crippen LogP contribution is -2.58. The fourth-order valence-corrected chi connectivity index (χ4v) is 3.02. The molecule has 15 nitrogen and oxygen atoms in total. The van der Waals surface area contributed by atoms with Crippen molar-refractivity contribution in [3.63, 3.8) is 0 Å². The molecule has 0 bridgehead atoms. The summed E-state index contributed by atoms with van der Waals surface area (Å²) < 4.78 is 0. The molecular formula is C18H33N7O8S. The van der Waals surface area contributed by atoms with Crippen molar-refractivity contribution in [1.82, 2.24) is 16.0 Å². The Labute approximate surface area is 200 Å². The van der Waals surface area contributed by atoms with Gasteiger partial charge in [0.2, 0.25) is 17.7 Å². The largest absolute Gasteiger partial charge is 0.481 e. The molecule has 0 saturated carbocycles. The predicted octanol–water partition coefficient (Wildman–Crippen LogP) is -3.87. The number of carbonyl (C=O) groups is 5. The van der Waals surface area contributed by atoms with Gasteiger partial charge in [-0.3, -0.25) is 24.2 Å². The topological polar surface area (TPSA) is 273 Å². The van der Waals surface area contributed by atoms with Crippen molar-refractivity contribution in [3.8, 4) is 0 Å². The third-order valence-electron chi connectivity index (χ3n) is 4.36. The van der Waals surface area contributed by atoms with Crippen LogP contribution in [0.3, 0.4) is 0 Å². The fourth-order valence-electron chi connectivity index (χ4n) is 2.55. The van der Waals surface area contributed by atoms with E-state index in [2.05, 4.69) is 20.9 Å². The van der Waals surface area contributed by atoms with Gasteiger partial charge in [-0.1, -0.05) is 0 Å². The van der Waals surface area contributed by atoms with Crippen molar-refractivity contribution in [3.05, 3.63) is 0 Å². The van der Waals surface area contributed by atoms with Crippen LogP contribution in [-0.4, -0.2) is 100 Å². The number of hydrogen-bond acceptors (Lipinski definition) is 9. The van der Waals surface area contributed by atoms with Crippen LogP contribution in [0.2, 0.25) is 0 Å². The summed E-state index contributed by atoms with van der Waals surface area (Å²) in [7, 11) is 0. The number of carboxylic acids is 2. The minimum Gasteiger partial charge on any atom is -0.481 e. The number of nitrogens with two attached hydrogens (primary N) is 3. The molecule has 34 heavy (non-hydrogen) atoms. The van der Waals surface area contributed by atoms with Crippen LogP contribution in [0.15, 0.2) is 4.99 Å². The molecule has 4 unspecified atom stereocenters. The Kier molecular flexibility index (Phi) is 15.0. The maximum atomic E-state index is 12.7. The number of aliphatic imine (C=N–C) groups is 1. The number of rotatable bonds is 17. The van der Waals surface area contributed by atoms with E-state index in [0.29, 0.717) is 12.2 Å². The molecule has 0 aromatic rings. The lowest BCUT2D eigenvalue weighted by molar-refractivity contribution is -0.144. The third kappa shape index (κ3) is 12.8. The van der Waals surface area contributed by atoms with Crippen molar-refractivity contribution in [1.29, 1.82) is 0 Å². The highest BCUT2D eigenvalue weighted by Crippen LogP contribution is 2.05. The fraction of sp³-hybridized carbons (Fsp3) is 0.667. The summed E-state index contributed by atoms with van der Waals surface area (Å²) in [6.45, 7) is -0.650. The van der Waals surface area contributed by atoms with Crippen LogP contribution >= 0.6 is 11.8 Å². The highest BCUT2D eigenvalue weighted by molar-refractivity contribution is 7.98. The summed E-state index contributed by atoms with van der Waals surface area (Å²) in [4.78, 5) is 63.5. The van der Waals surface area contributed by atoms with E-state index in [9.17, 15) is 24.0 Å². The molecule has 0 aliphatic rings. The Hall–Kier alpha value is -3.11. The van der Waals surface area contributed by atoms with Crippen LogP contribution in [0.25, 0.3) is 0 Å². The molecule has 0 rings (SSSR count). The molecule has 4 atom stereocenters. The van der Waals surface area contributed by atoms with E-state index in [1.54, 1.807) is 6.26 Å². The van der Waals surface area contributed by atoms with Gasteiger partial charge in [-0.05, 0) is 31.3 Å². The number of thioether (sulfide) groups is 1. The summed E-state index contributed by atoms with van der Waals surface area (Å²) in [6, 6.07) is -5.45. The van der Waals surface area contributed by atoms with Crippen LogP contribution in [-0.2, 0) is 24.0 Å². The first-order valence-corrected chi connectivity index (χ1v) is 11.6. The zero-order valence-electron chi connectivity index (χ0n) is 18.7. The van der Waals surface area contributed by atoms with Gasteiger partial charge in [0.1, 0.15) is 18.1 Å². The third-order valence-corrected chi connectivity index (χ3v) is 5.00. The SMILES string of the molecule is CSCCC(NC(=O)C(CC(=O)O)NC(=O)C(N)CCCN=C(N)N)C(=O)NC(CO)C(=O)O. The van der Waals surface area contributed by atoms with E-state index < -0.39 is 66.9 Å².